The SMILES string of the molecule is COc1ccccc1OCCCN1CCN(c2csc3cc(Cl)ccc23)CC1. The van der Waals surface area contributed by atoms with Gasteiger partial charge in [0.05, 0.1) is 19.4 Å². The van der Waals surface area contributed by atoms with Gasteiger partial charge in [-0.1, -0.05) is 23.7 Å². The molecule has 2 aromatic carbocycles. The number of thiophene rings is 1. The highest BCUT2D eigenvalue weighted by atomic mass is 35.5. The zero-order valence-electron chi connectivity index (χ0n) is 16.1. The molecule has 3 aromatic rings. The van der Waals surface area contributed by atoms with Crippen LogP contribution in [0.3, 0.4) is 0 Å². The topological polar surface area (TPSA) is 24.9 Å². The van der Waals surface area contributed by atoms with Gasteiger partial charge < -0.3 is 14.4 Å². The Kier molecular flexibility index (Phi) is 6.25. The Labute approximate surface area is 175 Å². The van der Waals surface area contributed by atoms with Crippen LogP contribution in [-0.2, 0) is 0 Å². The first-order chi connectivity index (χ1) is 13.7. The third kappa shape index (κ3) is 4.37. The van der Waals surface area contributed by atoms with E-state index in [9.17, 15) is 0 Å². The highest BCUT2D eigenvalue weighted by molar-refractivity contribution is 7.17. The molecule has 0 bridgehead atoms. The van der Waals surface area contributed by atoms with Crippen molar-refractivity contribution in [1.29, 1.82) is 0 Å². The number of hydrogen-bond donors (Lipinski definition) is 0. The first kappa shape index (κ1) is 19.4. The van der Waals surface area contributed by atoms with Crippen LogP contribution in [0.2, 0.25) is 5.02 Å². The smallest absolute Gasteiger partial charge is 0.161 e. The van der Waals surface area contributed by atoms with Crippen LogP contribution in [0.25, 0.3) is 10.1 Å². The normalized spacial score (nSPS) is 15.1. The van der Waals surface area contributed by atoms with Crippen LogP contribution >= 0.6 is 22.9 Å². The van der Waals surface area contributed by atoms with Gasteiger partial charge >= 0.3 is 0 Å². The Morgan fingerprint density at radius 1 is 1.04 bits per heavy atom. The molecule has 0 N–H and O–H groups in total. The number of para-hydroxylation sites is 2. The Balaban J connectivity index is 1.24. The molecule has 0 amide bonds. The molecule has 148 valence electrons. The summed E-state index contributed by atoms with van der Waals surface area (Å²) in [5, 5.41) is 4.38. The number of halogens is 1. The van der Waals surface area contributed by atoms with Gasteiger partial charge in [-0.25, -0.2) is 0 Å². The van der Waals surface area contributed by atoms with Crippen molar-refractivity contribution in [1.82, 2.24) is 4.90 Å². The molecule has 1 fully saturated rings. The van der Waals surface area contributed by atoms with E-state index in [1.807, 2.05) is 30.3 Å². The van der Waals surface area contributed by atoms with E-state index in [2.05, 4.69) is 27.3 Å². The summed E-state index contributed by atoms with van der Waals surface area (Å²) in [6.07, 6.45) is 1.01. The molecular weight excluding hydrogens is 392 g/mol. The van der Waals surface area contributed by atoms with Crippen LogP contribution in [0, 0.1) is 0 Å². The lowest BCUT2D eigenvalue weighted by atomic mass is 10.2. The van der Waals surface area contributed by atoms with Gasteiger partial charge in [-0.15, -0.1) is 11.3 Å². The summed E-state index contributed by atoms with van der Waals surface area (Å²) in [4.78, 5) is 5.02. The zero-order valence-corrected chi connectivity index (χ0v) is 17.6. The van der Waals surface area contributed by atoms with Gasteiger partial charge in [0.15, 0.2) is 11.5 Å². The van der Waals surface area contributed by atoms with Crippen LogP contribution in [0.1, 0.15) is 6.42 Å². The van der Waals surface area contributed by atoms with Crippen molar-refractivity contribution in [3.8, 4) is 11.5 Å². The van der Waals surface area contributed by atoms with E-state index in [-0.39, 0.29) is 0 Å². The maximum absolute atomic E-state index is 6.12. The predicted molar refractivity (Wildman–Crippen MR) is 119 cm³/mol. The number of rotatable bonds is 7. The Morgan fingerprint density at radius 3 is 2.61 bits per heavy atom. The Morgan fingerprint density at radius 2 is 1.82 bits per heavy atom. The van der Waals surface area contributed by atoms with Crippen molar-refractivity contribution in [3.05, 3.63) is 52.9 Å². The van der Waals surface area contributed by atoms with Gasteiger partial charge in [-0.3, -0.25) is 4.90 Å². The molecule has 1 aliphatic heterocycles. The lowest BCUT2D eigenvalue weighted by Crippen LogP contribution is -2.46. The van der Waals surface area contributed by atoms with Crippen molar-refractivity contribution >= 4 is 38.7 Å². The molecule has 0 unspecified atom stereocenters. The molecule has 2 heterocycles. The number of ether oxygens (including phenoxy) is 2. The van der Waals surface area contributed by atoms with Crippen molar-refractivity contribution in [2.75, 3.05) is 51.3 Å². The lowest BCUT2D eigenvalue weighted by molar-refractivity contribution is 0.221. The molecule has 0 atom stereocenters. The summed E-state index contributed by atoms with van der Waals surface area (Å²) < 4.78 is 12.5. The quantitative estimate of drug-likeness (QED) is 0.497. The van der Waals surface area contributed by atoms with Gasteiger partial charge in [-0.05, 0) is 36.8 Å². The molecule has 1 saturated heterocycles. The second kappa shape index (κ2) is 9.03. The van der Waals surface area contributed by atoms with E-state index < -0.39 is 0 Å². The van der Waals surface area contributed by atoms with E-state index in [1.165, 1.54) is 15.8 Å². The van der Waals surface area contributed by atoms with Crippen molar-refractivity contribution < 1.29 is 9.47 Å². The second-order valence-corrected chi connectivity index (χ2v) is 8.29. The third-order valence-corrected chi connectivity index (χ3v) is 6.34. The summed E-state index contributed by atoms with van der Waals surface area (Å²) in [5.41, 5.74) is 1.34. The molecule has 4 rings (SSSR count). The number of anilines is 1. The van der Waals surface area contributed by atoms with Gasteiger partial charge in [-0.2, -0.15) is 0 Å². The first-order valence-corrected chi connectivity index (χ1v) is 10.9. The minimum atomic E-state index is 0.705. The number of hydrogen-bond acceptors (Lipinski definition) is 5. The van der Waals surface area contributed by atoms with E-state index in [4.69, 9.17) is 21.1 Å². The van der Waals surface area contributed by atoms with Crippen LogP contribution < -0.4 is 14.4 Å². The van der Waals surface area contributed by atoms with E-state index >= 15 is 0 Å². The molecule has 0 radical (unpaired) electrons. The molecular formula is C22H25ClN2O2S. The predicted octanol–water partition coefficient (Wildman–Crippen LogP) is 5.15. The molecule has 6 heteroatoms. The average Bonchev–Trinajstić information content (AvgIpc) is 3.15. The summed E-state index contributed by atoms with van der Waals surface area (Å²) in [5.74, 6) is 1.61. The van der Waals surface area contributed by atoms with Gasteiger partial charge in [0.25, 0.3) is 0 Å². The van der Waals surface area contributed by atoms with Crippen molar-refractivity contribution in [3.63, 3.8) is 0 Å². The number of nitrogens with zero attached hydrogens (tertiary/aromatic N) is 2. The van der Waals surface area contributed by atoms with Gasteiger partial charge in [0, 0.05) is 53.2 Å². The fraction of sp³-hybridized carbons (Fsp3) is 0.364. The summed E-state index contributed by atoms with van der Waals surface area (Å²) >= 11 is 7.89. The van der Waals surface area contributed by atoms with Crippen LogP contribution in [0.15, 0.2) is 47.8 Å². The Hall–Kier alpha value is -1.95. The minimum Gasteiger partial charge on any atom is -0.493 e. The van der Waals surface area contributed by atoms with Gasteiger partial charge in [0.2, 0.25) is 0 Å². The number of benzene rings is 2. The number of piperazine rings is 1. The highest BCUT2D eigenvalue weighted by Crippen LogP contribution is 2.35. The number of fused-ring (bicyclic) bond motifs is 1. The molecule has 0 spiro atoms. The second-order valence-electron chi connectivity index (χ2n) is 6.94. The Bertz CT molecular complexity index is 922. The summed E-state index contributed by atoms with van der Waals surface area (Å²) in [6.45, 7) is 6.04. The molecule has 0 saturated carbocycles. The fourth-order valence-corrected chi connectivity index (χ4v) is 4.90. The van der Waals surface area contributed by atoms with Crippen LogP contribution in [0.5, 0.6) is 11.5 Å². The van der Waals surface area contributed by atoms with E-state index in [1.54, 1.807) is 18.4 Å². The highest BCUT2D eigenvalue weighted by Gasteiger charge is 2.19. The lowest BCUT2D eigenvalue weighted by Gasteiger charge is -2.35. The molecule has 4 nitrogen and oxygen atoms in total. The molecule has 1 aliphatic rings. The minimum absolute atomic E-state index is 0.705. The fourth-order valence-electron chi connectivity index (χ4n) is 3.65. The molecule has 0 aliphatic carbocycles. The van der Waals surface area contributed by atoms with Crippen LogP contribution in [0.4, 0.5) is 5.69 Å². The molecule has 1 aromatic heterocycles. The maximum Gasteiger partial charge on any atom is 0.161 e. The largest absolute Gasteiger partial charge is 0.493 e. The zero-order chi connectivity index (χ0) is 19.3. The monoisotopic (exact) mass is 416 g/mol. The molecule has 28 heavy (non-hydrogen) atoms. The van der Waals surface area contributed by atoms with Crippen molar-refractivity contribution in [2.45, 2.75) is 6.42 Å². The van der Waals surface area contributed by atoms with Gasteiger partial charge in [0.1, 0.15) is 0 Å². The van der Waals surface area contributed by atoms with Crippen LogP contribution in [-0.4, -0.2) is 51.3 Å². The van der Waals surface area contributed by atoms with E-state index in [0.29, 0.717) is 6.61 Å². The first-order valence-electron chi connectivity index (χ1n) is 9.64. The van der Waals surface area contributed by atoms with E-state index in [0.717, 1.165) is 55.7 Å². The maximum atomic E-state index is 6.12. The summed E-state index contributed by atoms with van der Waals surface area (Å²) in [6, 6.07) is 14.0. The average molecular weight is 417 g/mol. The number of methoxy groups -OCH3 is 1. The summed E-state index contributed by atoms with van der Waals surface area (Å²) in [7, 11) is 1.67. The standard InChI is InChI=1S/C22H25ClN2O2S/c1-26-20-5-2-3-6-21(20)27-14-4-9-24-10-12-25(13-11-24)19-16-28-22-15-17(23)7-8-18(19)22/h2-3,5-8,15-16H,4,9-14H2,1H3. The third-order valence-electron chi connectivity index (χ3n) is 5.18. The van der Waals surface area contributed by atoms with Crippen molar-refractivity contribution in [2.24, 2.45) is 0 Å².